The van der Waals surface area contributed by atoms with Crippen molar-refractivity contribution in [3.63, 3.8) is 0 Å². The van der Waals surface area contributed by atoms with Gasteiger partial charge in [0.2, 0.25) is 0 Å². The van der Waals surface area contributed by atoms with E-state index in [-0.39, 0.29) is 11.5 Å². The van der Waals surface area contributed by atoms with Crippen molar-refractivity contribution < 1.29 is 18.3 Å². The first-order valence-electron chi connectivity index (χ1n) is 4.66. The Morgan fingerprint density at radius 3 is 2.67 bits per heavy atom. The molecule has 1 aliphatic heterocycles. The summed E-state index contributed by atoms with van der Waals surface area (Å²) in [5, 5.41) is 0.769. The minimum atomic E-state index is -3.59. The number of benzene rings is 1. The van der Waals surface area contributed by atoms with Gasteiger partial charge in [0.1, 0.15) is 5.01 Å². The summed E-state index contributed by atoms with van der Waals surface area (Å²) in [5.74, 6) is 0.128. The summed E-state index contributed by atoms with van der Waals surface area (Å²) >= 11 is 5.61. The molecule has 0 aliphatic carbocycles. The molecule has 0 N–H and O–H groups in total. The summed E-state index contributed by atoms with van der Waals surface area (Å²) in [5.41, 5.74) is 0.767. The van der Waals surface area contributed by atoms with E-state index in [9.17, 15) is 8.78 Å². The number of ether oxygens (including phenoxy) is 2. The highest BCUT2D eigenvalue weighted by Crippen LogP contribution is 2.47. The molecule has 8 heteroatoms. The third kappa shape index (κ3) is 2.18. The second-order valence-electron chi connectivity index (χ2n) is 3.39. The number of fused-ring (bicyclic) bond motifs is 1. The quantitative estimate of drug-likeness (QED) is 0.555. The number of halogens is 4. The molecule has 0 fully saturated rings. The number of thiazole rings is 1. The standard InChI is InChI=1S/C10H3F2I2NO2S/c11-10(12)16-5-2-1-4(7(14)8(5)17-10)9-15-3-6(13)18-9/h1-3H. The van der Waals surface area contributed by atoms with Gasteiger partial charge in [-0.05, 0) is 57.3 Å². The number of hydrogen-bond donors (Lipinski definition) is 0. The fourth-order valence-corrected chi connectivity index (χ4v) is 3.96. The van der Waals surface area contributed by atoms with Gasteiger partial charge in [-0.2, -0.15) is 0 Å². The van der Waals surface area contributed by atoms with Crippen molar-refractivity contribution in [3.05, 3.63) is 24.8 Å². The van der Waals surface area contributed by atoms with Gasteiger partial charge in [-0.3, -0.25) is 0 Å². The van der Waals surface area contributed by atoms with Gasteiger partial charge in [0.25, 0.3) is 0 Å². The van der Waals surface area contributed by atoms with E-state index < -0.39 is 6.29 Å². The number of alkyl halides is 2. The Balaban J connectivity index is 2.11. The Hall–Kier alpha value is -0.230. The molecule has 0 bridgehead atoms. The third-order valence-electron chi connectivity index (χ3n) is 2.22. The van der Waals surface area contributed by atoms with E-state index in [0.29, 0.717) is 3.57 Å². The summed E-state index contributed by atoms with van der Waals surface area (Å²) in [7, 11) is 0. The second kappa shape index (κ2) is 4.40. The van der Waals surface area contributed by atoms with Gasteiger partial charge in [-0.1, -0.05) is 0 Å². The molecule has 1 aliphatic rings. The zero-order chi connectivity index (χ0) is 12.9. The highest BCUT2D eigenvalue weighted by Gasteiger charge is 2.44. The molecule has 0 spiro atoms. The third-order valence-corrected chi connectivity index (χ3v) is 5.05. The summed E-state index contributed by atoms with van der Waals surface area (Å²) in [6.45, 7) is 0. The lowest BCUT2D eigenvalue weighted by Gasteiger charge is -2.05. The summed E-state index contributed by atoms with van der Waals surface area (Å²) in [4.78, 5) is 4.23. The predicted octanol–water partition coefficient (Wildman–Crippen LogP) is 4.34. The highest BCUT2D eigenvalue weighted by atomic mass is 127. The molecule has 94 valence electrons. The van der Waals surface area contributed by atoms with Gasteiger partial charge in [-0.25, -0.2) is 4.98 Å². The van der Waals surface area contributed by atoms with Crippen LogP contribution in [0.1, 0.15) is 0 Å². The van der Waals surface area contributed by atoms with Crippen LogP contribution in [0.2, 0.25) is 0 Å². The maximum atomic E-state index is 13.0. The first-order valence-corrected chi connectivity index (χ1v) is 7.64. The van der Waals surface area contributed by atoms with Crippen LogP contribution >= 0.6 is 56.5 Å². The molecule has 0 unspecified atom stereocenters. The molecular formula is C10H3F2I2NO2S. The van der Waals surface area contributed by atoms with Gasteiger partial charge in [0.05, 0.1) is 12.7 Å². The molecule has 1 aromatic heterocycles. The zero-order valence-corrected chi connectivity index (χ0v) is 13.5. The molecular weight excluding hydrogens is 490 g/mol. The molecule has 3 rings (SSSR count). The maximum absolute atomic E-state index is 13.0. The summed E-state index contributed by atoms with van der Waals surface area (Å²) in [6.07, 6.45) is -1.85. The van der Waals surface area contributed by atoms with Crippen molar-refractivity contribution in [2.45, 2.75) is 6.29 Å². The zero-order valence-electron chi connectivity index (χ0n) is 8.42. The fourth-order valence-electron chi connectivity index (χ4n) is 1.53. The number of hydrogen-bond acceptors (Lipinski definition) is 4. The molecule has 2 aromatic rings. The monoisotopic (exact) mass is 493 g/mol. The fraction of sp³-hybridized carbons (Fsp3) is 0.100. The summed E-state index contributed by atoms with van der Waals surface area (Å²) < 4.78 is 36.5. The number of aromatic nitrogens is 1. The predicted molar refractivity (Wildman–Crippen MR) is 79.2 cm³/mol. The van der Waals surface area contributed by atoms with Gasteiger partial charge >= 0.3 is 6.29 Å². The molecule has 0 saturated heterocycles. The Morgan fingerprint density at radius 1 is 1.22 bits per heavy atom. The number of rotatable bonds is 1. The van der Waals surface area contributed by atoms with Crippen LogP contribution in [0.3, 0.4) is 0 Å². The topological polar surface area (TPSA) is 31.4 Å². The Bertz CT molecular complexity index is 632. The van der Waals surface area contributed by atoms with E-state index in [1.165, 1.54) is 17.4 Å². The first-order chi connectivity index (χ1) is 8.46. The normalized spacial score (nSPS) is 16.0. The van der Waals surface area contributed by atoms with Crippen LogP contribution < -0.4 is 9.47 Å². The number of nitrogens with zero attached hydrogens (tertiary/aromatic N) is 1. The van der Waals surface area contributed by atoms with Crippen molar-refractivity contribution in [1.29, 1.82) is 0 Å². The van der Waals surface area contributed by atoms with Crippen molar-refractivity contribution in [2.75, 3.05) is 0 Å². The van der Waals surface area contributed by atoms with Gasteiger partial charge in [0, 0.05) is 5.56 Å². The SMILES string of the molecule is FC1(F)Oc2ccc(-c3ncc(I)s3)c(I)c2O1. The molecule has 2 heterocycles. The molecule has 1 aromatic carbocycles. The Labute approximate surface area is 132 Å². The smallest absolute Gasteiger partial charge is 0.395 e. The first kappa shape index (κ1) is 12.8. The van der Waals surface area contributed by atoms with E-state index in [4.69, 9.17) is 0 Å². The molecule has 0 saturated carbocycles. The second-order valence-corrected chi connectivity index (χ2v) is 7.39. The Kier molecular flexibility index (Phi) is 3.13. The Morgan fingerprint density at radius 2 is 2.00 bits per heavy atom. The van der Waals surface area contributed by atoms with Crippen LogP contribution in [0.4, 0.5) is 8.78 Å². The van der Waals surface area contributed by atoms with Crippen molar-refractivity contribution in [3.8, 4) is 22.1 Å². The lowest BCUT2D eigenvalue weighted by atomic mass is 10.2. The maximum Gasteiger partial charge on any atom is 0.586 e. The molecule has 0 atom stereocenters. The van der Waals surface area contributed by atoms with E-state index in [0.717, 1.165) is 13.5 Å². The van der Waals surface area contributed by atoms with E-state index in [1.54, 1.807) is 12.3 Å². The molecule has 0 amide bonds. The van der Waals surface area contributed by atoms with Crippen LogP contribution in [0.15, 0.2) is 18.3 Å². The lowest BCUT2D eigenvalue weighted by Crippen LogP contribution is -2.26. The average Bonchev–Trinajstić information content (AvgIpc) is 2.82. The highest BCUT2D eigenvalue weighted by molar-refractivity contribution is 14.1. The molecule has 18 heavy (non-hydrogen) atoms. The van der Waals surface area contributed by atoms with Gasteiger partial charge < -0.3 is 9.47 Å². The van der Waals surface area contributed by atoms with Crippen molar-refractivity contribution in [2.24, 2.45) is 0 Å². The van der Waals surface area contributed by atoms with Crippen LogP contribution in [0.25, 0.3) is 10.6 Å². The lowest BCUT2D eigenvalue weighted by molar-refractivity contribution is -0.286. The summed E-state index contributed by atoms with van der Waals surface area (Å²) in [6, 6.07) is 3.18. The van der Waals surface area contributed by atoms with E-state index in [1.807, 2.05) is 22.6 Å². The van der Waals surface area contributed by atoms with Crippen LogP contribution in [-0.2, 0) is 0 Å². The van der Waals surface area contributed by atoms with E-state index in [2.05, 4.69) is 37.0 Å². The molecule has 0 radical (unpaired) electrons. The largest absolute Gasteiger partial charge is 0.586 e. The van der Waals surface area contributed by atoms with Crippen LogP contribution in [0.5, 0.6) is 11.5 Å². The van der Waals surface area contributed by atoms with E-state index >= 15 is 0 Å². The van der Waals surface area contributed by atoms with Gasteiger partial charge in [0.15, 0.2) is 11.5 Å². The van der Waals surface area contributed by atoms with Crippen LogP contribution in [0, 0.1) is 6.45 Å². The minimum Gasteiger partial charge on any atom is -0.395 e. The van der Waals surface area contributed by atoms with Crippen molar-refractivity contribution >= 4 is 56.5 Å². The van der Waals surface area contributed by atoms with Crippen molar-refractivity contribution in [1.82, 2.24) is 4.98 Å². The van der Waals surface area contributed by atoms with Gasteiger partial charge in [-0.15, -0.1) is 20.1 Å². The molecule has 3 nitrogen and oxygen atoms in total. The minimum absolute atomic E-state index is 0.0550. The average molecular weight is 493 g/mol. The van der Waals surface area contributed by atoms with Crippen LogP contribution in [-0.4, -0.2) is 11.3 Å².